The van der Waals surface area contributed by atoms with E-state index < -0.39 is 0 Å². The molecule has 0 bridgehead atoms. The van der Waals surface area contributed by atoms with Crippen molar-refractivity contribution >= 4 is 5.91 Å². The summed E-state index contributed by atoms with van der Waals surface area (Å²) in [7, 11) is 0. The number of nitrogens with zero attached hydrogens (tertiary/aromatic N) is 3. The summed E-state index contributed by atoms with van der Waals surface area (Å²) in [6.45, 7) is 8.08. The van der Waals surface area contributed by atoms with Crippen LogP contribution in [0.15, 0.2) is 67.4 Å². The van der Waals surface area contributed by atoms with Crippen LogP contribution in [0.2, 0.25) is 0 Å². The molecule has 0 aliphatic carbocycles. The van der Waals surface area contributed by atoms with Gasteiger partial charge in [0.2, 0.25) is 0 Å². The van der Waals surface area contributed by atoms with Gasteiger partial charge in [0.25, 0.3) is 5.91 Å². The zero-order valence-corrected chi connectivity index (χ0v) is 15.5. The molecule has 0 fully saturated rings. The molecule has 3 aromatic rings. The van der Waals surface area contributed by atoms with E-state index in [1.54, 1.807) is 40.1 Å². The highest BCUT2D eigenvalue weighted by atomic mass is 19.1. The first kappa shape index (κ1) is 18.6. The molecule has 0 aliphatic rings. The van der Waals surface area contributed by atoms with Crippen molar-refractivity contribution in [2.45, 2.75) is 20.4 Å². The predicted octanol–water partition coefficient (Wildman–Crippen LogP) is 4.46. The van der Waals surface area contributed by atoms with Crippen molar-refractivity contribution in [2.24, 2.45) is 0 Å². The lowest BCUT2D eigenvalue weighted by atomic mass is 10.1. The van der Waals surface area contributed by atoms with E-state index in [9.17, 15) is 9.18 Å². The van der Waals surface area contributed by atoms with Crippen LogP contribution in [0.4, 0.5) is 4.39 Å². The molecule has 3 rings (SSSR count). The van der Waals surface area contributed by atoms with Gasteiger partial charge in [-0.3, -0.25) is 4.79 Å². The summed E-state index contributed by atoms with van der Waals surface area (Å²) in [4.78, 5) is 14.7. The van der Waals surface area contributed by atoms with Crippen LogP contribution in [0.5, 0.6) is 0 Å². The Labute approximate surface area is 158 Å². The number of rotatable bonds is 6. The summed E-state index contributed by atoms with van der Waals surface area (Å²) >= 11 is 0. The van der Waals surface area contributed by atoms with Crippen molar-refractivity contribution in [2.75, 3.05) is 6.54 Å². The normalized spacial score (nSPS) is 10.6. The van der Waals surface area contributed by atoms with Crippen LogP contribution in [-0.2, 0) is 6.54 Å². The van der Waals surface area contributed by atoms with Gasteiger partial charge in [0.15, 0.2) is 0 Å². The molecule has 0 unspecified atom stereocenters. The summed E-state index contributed by atoms with van der Waals surface area (Å²) in [5.41, 5.74) is 3.71. The first-order valence-corrected chi connectivity index (χ1v) is 8.77. The van der Waals surface area contributed by atoms with E-state index in [4.69, 9.17) is 0 Å². The molecule has 0 radical (unpaired) electrons. The lowest BCUT2D eigenvalue weighted by Crippen LogP contribution is -2.31. The second kappa shape index (κ2) is 7.99. The average molecular weight is 363 g/mol. The zero-order chi connectivity index (χ0) is 19.4. The third kappa shape index (κ3) is 3.82. The van der Waals surface area contributed by atoms with E-state index in [1.807, 2.05) is 38.1 Å². The van der Waals surface area contributed by atoms with Crippen molar-refractivity contribution in [3.05, 3.63) is 95.6 Å². The summed E-state index contributed by atoms with van der Waals surface area (Å²) < 4.78 is 15.8. The van der Waals surface area contributed by atoms with Gasteiger partial charge in [-0.15, -0.1) is 6.58 Å². The Kier molecular flexibility index (Phi) is 5.50. The van der Waals surface area contributed by atoms with Gasteiger partial charge in [-0.05, 0) is 31.5 Å². The Hall–Kier alpha value is -3.21. The molecule has 0 saturated heterocycles. The SMILES string of the molecule is C=CCN(Cc1ccccc1F)C(=O)c1cnn(-c2ccccc2C)c1C. The fourth-order valence-corrected chi connectivity index (χ4v) is 3.04. The van der Waals surface area contributed by atoms with Gasteiger partial charge >= 0.3 is 0 Å². The highest BCUT2D eigenvalue weighted by Crippen LogP contribution is 2.20. The third-order valence-corrected chi connectivity index (χ3v) is 4.54. The number of aromatic nitrogens is 2. The molecule has 0 spiro atoms. The minimum Gasteiger partial charge on any atom is -0.330 e. The highest BCUT2D eigenvalue weighted by molar-refractivity contribution is 5.95. The van der Waals surface area contributed by atoms with Crippen molar-refractivity contribution in [3.63, 3.8) is 0 Å². The minimum atomic E-state index is -0.327. The van der Waals surface area contributed by atoms with Gasteiger partial charge in [-0.25, -0.2) is 9.07 Å². The van der Waals surface area contributed by atoms with Gasteiger partial charge in [0.1, 0.15) is 5.82 Å². The second-order valence-electron chi connectivity index (χ2n) is 6.41. The lowest BCUT2D eigenvalue weighted by Gasteiger charge is -2.21. The Balaban J connectivity index is 1.92. The van der Waals surface area contributed by atoms with Crippen molar-refractivity contribution in [3.8, 4) is 5.69 Å². The smallest absolute Gasteiger partial charge is 0.257 e. The van der Waals surface area contributed by atoms with Crippen LogP contribution in [0, 0.1) is 19.7 Å². The number of carbonyl (C=O) groups excluding carboxylic acids is 1. The Morgan fingerprint density at radius 3 is 2.59 bits per heavy atom. The molecule has 0 aliphatic heterocycles. The molecule has 1 heterocycles. The van der Waals surface area contributed by atoms with Crippen LogP contribution < -0.4 is 0 Å². The van der Waals surface area contributed by atoms with E-state index in [2.05, 4.69) is 11.7 Å². The number of hydrogen-bond acceptors (Lipinski definition) is 2. The van der Waals surface area contributed by atoms with Gasteiger partial charge in [-0.2, -0.15) is 5.10 Å². The molecule has 1 aromatic heterocycles. The second-order valence-corrected chi connectivity index (χ2v) is 6.41. The van der Waals surface area contributed by atoms with Crippen molar-refractivity contribution in [1.82, 2.24) is 14.7 Å². The summed E-state index contributed by atoms with van der Waals surface area (Å²) in [6.07, 6.45) is 3.21. The zero-order valence-electron chi connectivity index (χ0n) is 15.5. The Morgan fingerprint density at radius 2 is 1.89 bits per heavy atom. The largest absolute Gasteiger partial charge is 0.330 e. The molecular weight excluding hydrogens is 341 g/mol. The average Bonchev–Trinajstić information content (AvgIpc) is 3.04. The van der Waals surface area contributed by atoms with Gasteiger partial charge in [0.05, 0.1) is 23.1 Å². The van der Waals surface area contributed by atoms with E-state index in [0.717, 1.165) is 16.9 Å². The number of carbonyl (C=O) groups is 1. The topological polar surface area (TPSA) is 38.1 Å². The molecular formula is C22H22FN3O. The molecule has 0 saturated carbocycles. The maximum absolute atomic E-state index is 14.0. The first-order chi connectivity index (χ1) is 13.0. The maximum Gasteiger partial charge on any atom is 0.257 e. The summed E-state index contributed by atoms with van der Waals surface area (Å²) in [5, 5.41) is 4.40. The molecule has 2 aromatic carbocycles. The monoisotopic (exact) mass is 363 g/mol. The fourth-order valence-electron chi connectivity index (χ4n) is 3.04. The summed E-state index contributed by atoms with van der Waals surface area (Å²) in [5.74, 6) is -0.526. The summed E-state index contributed by atoms with van der Waals surface area (Å²) in [6, 6.07) is 14.3. The van der Waals surface area contributed by atoms with Gasteiger partial charge in [-0.1, -0.05) is 42.5 Å². The molecule has 138 valence electrons. The van der Waals surface area contributed by atoms with E-state index in [-0.39, 0.29) is 18.3 Å². The molecule has 0 atom stereocenters. The van der Waals surface area contributed by atoms with Crippen LogP contribution in [0.25, 0.3) is 5.69 Å². The van der Waals surface area contributed by atoms with Crippen LogP contribution >= 0.6 is 0 Å². The van der Waals surface area contributed by atoms with Crippen molar-refractivity contribution in [1.29, 1.82) is 0 Å². The molecule has 4 nitrogen and oxygen atoms in total. The quantitative estimate of drug-likeness (QED) is 0.607. The molecule has 0 N–H and O–H groups in total. The van der Waals surface area contributed by atoms with Crippen LogP contribution in [-0.4, -0.2) is 27.1 Å². The number of hydrogen-bond donors (Lipinski definition) is 0. The Morgan fingerprint density at radius 1 is 1.19 bits per heavy atom. The predicted molar refractivity (Wildman–Crippen MR) is 104 cm³/mol. The van der Waals surface area contributed by atoms with Gasteiger partial charge < -0.3 is 4.90 Å². The van der Waals surface area contributed by atoms with Crippen LogP contribution in [0.1, 0.15) is 27.2 Å². The third-order valence-electron chi connectivity index (χ3n) is 4.54. The molecule has 27 heavy (non-hydrogen) atoms. The number of benzene rings is 2. The minimum absolute atomic E-state index is 0.173. The number of amides is 1. The van der Waals surface area contributed by atoms with Crippen LogP contribution in [0.3, 0.4) is 0 Å². The highest BCUT2D eigenvalue weighted by Gasteiger charge is 2.22. The maximum atomic E-state index is 14.0. The lowest BCUT2D eigenvalue weighted by molar-refractivity contribution is 0.0760. The van der Waals surface area contributed by atoms with E-state index in [0.29, 0.717) is 17.7 Å². The number of para-hydroxylation sites is 1. The standard InChI is InChI=1S/C22H22FN3O/c1-4-13-25(15-18-10-6-7-11-20(18)23)22(27)19-14-24-26(17(19)3)21-12-8-5-9-16(21)2/h4-12,14H,1,13,15H2,2-3H3. The first-order valence-electron chi connectivity index (χ1n) is 8.77. The molecule has 5 heteroatoms. The number of aryl methyl sites for hydroxylation is 1. The van der Waals surface area contributed by atoms with Crippen molar-refractivity contribution < 1.29 is 9.18 Å². The Bertz CT molecular complexity index is 977. The fraction of sp³-hybridized carbons (Fsp3) is 0.182. The molecule has 1 amide bonds. The van der Waals surface area contributed by atoms with E-state index >= 15 is 0 Å². The number of halogens is 1. The van der Waals surface area contributed by atoms with Gasteiger partial charge in [0, 0.05) is 18.7 Å². The van der Waals surface area contributed by atoms with E-state index in [1.165, 1.54) is 6.07 Å².